The fourth-order valence-corrected chi connectivity index (χ4v) is 2.45. The summed E-state index contributed by atoms with van der Waals surface area (Å²) in [5, 5.41) is 1.39. The molecule has 0 saturated heterocycles. The molecule has 0 saturated carbocycles. The Morgan fingerprint density at radius 1 is 1.38 bits per heavy atom. The zero-order valence-electron chi connectivity index (χ0n) is 9.90. The molecular weight excluding hydrogens is 216 g/mol. The Morgan fingerprint density at radius 2 is 2.19 bits per heavy atom. The van der Waals surface area contributed by atoms with Gasteiger partial charge in [-0.15, -0.1) is 0 Å². The molecule has 0 fully saturated rings. The highest BCUT2D eigenvalue weighted by molar-refractivity contribution is 8.15. The Hall–Kier alpha value is -1.09. The fourth-order valence-electron chi connectivity index (χ4n) is 1.62. The molecule has 1 unspecified atom stereocenters. The predicted molar refractivity (Wildman–Crippen MR) is 73.2 cm³/mol. The summed E-state index contributed by atoms with van der Waals surface area (Å²) in [5.74, 6) is 0. The first-order chi connectivity index (χ1) is 7.69. The van der Waals surface area contributed by atoms with Gasteiger partial charge >= 0.3 is 0 Å². The van der Waals surface area contributed by atoms with Gasteiger partial charge in [-0.1, -0.05) is 36.4 Å². The highest BCUT2D eigenvalue weighted by Crippen LogP contribution is 2.26. The number of aliphatic imine (C=N–C) groups is 2. The lowest BCUT2D eigenvalue weighted by Gasteiger charge is -2.02. The van der Waals surface area contributed by atoms with Crippen molar-refractivity contribution in [3.8, 4) is 0 Å². The van der Waals surface area contributed by atoms with E-state index in [-0.39, 0.29) is 0 Å². The van der Waals surface area contributed by atoms with Gasteiger partial charge < -0.3 is 0 Å². The normalized spacial score (nSPS) is 21.9. The van der Waals surface area contributed by atoms with Crippen LogP contribution in [0.1, 0.15) is 24.5 Å². The van der Waals surface area contributed by atoms with Crippen molar-refractivity contribution >= 4 is 28.8 Å². The lowest BCUT2D eigenvalue weighted by atomic mass is 10.1. The monoisotopic (exact) mass is 232 g/mol. The predicted octanol–water partition coefficient (Wildman–Crippen LogP) is 3.89. The van der Waals surface area contributed by atoms with Gasteiger partial charge in [-0.2, -0.15) is 0 Å². The summed E-state index contributed by atoms with van der Waals surface area (Å²) in [7, 11) is 0. The van der Waals surface area contributed by atoms with E-state index in [0.717, 1.165) is 17.3 Å². The van der Waals surface area contributed by atoms with Crippen molar-refractivity contribution in [1.82, 2.24) is 0 Å². The van der Waals surface area contributed by atoms with Gasteiger partial charge in [0, 0.05) is 11.5 Å². The van der Waals surface area contributed by atoms with E-state index in [0.29, 0.717) is 5.25 Å². The lowest BCUT2D eigenvalue weighted by Crippen LogP contribution is -1.96. The number of aryl methyl sites for hydroxylation is 2. The number of nitrogens with zero attached hydrogens (tertiary/aromatic N) is 2. The minimum absolute atomic E-state index is 0.504. The third-order valence-electron chi connectivity index (χ3n) is 2.58. The molecule has 0 amide bonds. The minimum Gasteiger partial charge on any atom is -0.234 e. The van der Waals surface area contributed by atoms with E-state index < -0.39 is 0 Å². The molecule has 3 heteroatoms. The average Bonchev–Trinajstić information content (AvgIpc) is 2.70. The van der Waals surface area contributed by atoms with Crippen molar-refractivity contribution in [2.24, 2.45) is 9.98 Å². The molecule has 2 nitrogen and oxygen atoms in total. The van der Waals surface area contributed by atoms with Crippen molar-refractivity contribution < 1.29 is 0 Å². The van der Waals surface area contributed by atoms with Crippen LogP contribution < -0.4 is 0 Å². The number of benzene rings is 1. The van der Waals surface area contributed by atoms with Gasteiger partial charge in [0.25, 0.3) is 0 Å². The highest BCUT2D eigenvalue weighted by Gasteiger charge is 2.14. The summed E-state index contributed by atoms with van der Waals surface area (Å²) >= 11 is 1.75. The Labute approximate surface area is 101 Å². The second-order valence-electron chi connectivity index (χ2n) is 4.03. The molecule has 16 heavy (non-hydrogen) atoms. The smallest absolute Gasteiger partial charge is 0.188 e. The van der Waals surface area contributed by atoms with Crippen LogP contribution in [0.15, 0.2) is 28.2 Å². The van der Waals surface area contributed by atoms with Gasteiger partial charge in [0.05, 0.1) is 5.69 Å². The standard InChI is InChI=1S/C13H16N2S/c1-4-11-8-14-13(16-11)15-12-6-5-9(2)7-10(12)3/h5-8,11H,4H2,1-3H3. The Kier molecular flexibility index (Phi) is 3.44. The van der Waals surface area contributed by atoms with Crippen molar-refractivity contribution in [2.75, 3.05) is 0 Å². The molecule has 1 aromatic carbocycles. The van der Waals surface area contributed by atoms with E-state index in [1.165, 1.54) is 11.1 Å². The first kappa shape index (κ1) is 11.4. The maximum Gasteiger partial charge on any atom is 0.188 e. The molecule has 0 aliphatic carbocycles. The van der Waals surface area contributed by atoms with E-state index in [2.05, 4.69) is 49.0 Å². The second kappa shape index (κ2) is 4.83. The van der Waals surface area contributed by atoms with E-state index in [9.17, 15) is 0 Å². The number of rotatable bonds is 2. The van der Waals surface area contributed by atoms with Crippen LogP contribution in [0.25, 0.3) is 0 Å². The van der Waals surface area contributed by atoms with Gasteiger partial charge in [0.1, 0.15) is 0 Å². The van der Waals surface area contributed by atoms with Gasteiger partial charge in [0.2, 0.25) is 0 Å². The molecule has 1 aliphatic heterocycles. The Morgan fingerprint density at radius 3 is 2.81 bits per heavy atom. The number of hydrogen-bond acceptors (Lipinski definition) is 2. The maximum absolute atomic E-state index is 4.58. The van der Waals surface area contributed by atoms with Gasteiger partial charge in [-0.3, -0.25) is 0 Å². The molecule has 0 radical (unpaired) electrons. The molecule has 2 rings (SSSR count). The summed E-state index contributed by atoms with van der Waals surface area (Å²) in [4.78, 5) is 8.91. The van der Waals surface area contributed by atoms with Crippen LogP contribution in [0.2, 0.25) is 0 Å². The van der Waals surface area contributed by atoms with Crippen LogP contribution in [-0.4, -0.2) is 16.6 Å². The van der Waals surface area contributed by atoms with Crippen molar-refractivity contribution in [3.63, 3.8) is 0 Å². The fraction of sp³-hybridized carbons (Fsp3) is 0.385. The van der Waals surface area contributed by atoms with E-state index in [1.807, 2.05) is 6.21 Å². The van der Waals surface area contributed by atoms with Gasteiger partial charge in [-0.05, 0) is 31.9 Å². The van der Waals surface area contributed by atoms with E-state index >= 15 is 0 Å². The molecule has 0 aromatic heterocycles. The quantitative estimate of drug-likeness (QED) is 0.759. The lowest BCUT2D eigenvalue weighted by molar-refractivity contribution is 1.03. The van der Waals surface area contributed by atoms with Gasteiger partial charge in [0.15, 0.2) is 5.17 Å². The van der Waals surface area contributed by atoms with Gasteiger partial charge in [-0.25, -0.2) is 9.98 Å². The Bertz CT molecular complexity index is 449. The van der Waals surface area contributed by atoms with Crippen LogP contribution in [0.4, 0.5) is 5.69 Å². The topological polar surface area (TPSA) is 24.7 Å². The van der Waals surface area contributed by atoms with E-state index in [1.54, 1.807) is 11.8 Å². The first-order valence-corrected chi connectivity index (χ1v) is 6.44. The van der Waals surface area contributed by atoms with Crippen LogP contribution in [0, 0.1) is 13.8 Å². The Balaban J connectivity index is 2.21. The molecule has 1 heterocycles. The largest absolute Gasteiger partial charge is 0.234 e. The number of thioether (sulfide) groups is 1. The summed E-state index contributed by atoms with van der Waals surface area (Å²) in [6.45, 7) is 6.36. The molecule has 84 valence electrons. The zero-order chi connectivity index (χ0) is 11.5. The molecule has 0 bridgehead atoms. The third kappa shape index (κ3) is 2.53. The van der Waals surface area contributed by atoms with Crippen LogP contribution in [0.5, 0.6) is 0 Å². The molecule has 1 aliphatic rings. The minimum atomic E-state index is 0.504. The van der Waals surface area contributed by atoms with Crippen molar-refractivity contribution in [3.05, 3.63) is 29.3 Å². The molecule has 0 N–H and O–H groups in total. The van der Waals surface area contributed by atoms with E-state index in [4.69, 9.17) is 0 Å². The second-order valence-corrected chi connectivity index (χ2v) is 5.23. The zero-order valence-corrected chi connectivity index (χ0v) is 10.7. The van der Waals surface area contributed by atoms with Crippen molar-refractivity contribution in [1.29, 1.82) is 0 Å². The molecule has 1 aromatic rings. The van der Waals surface area contributed by atoms with Crippen LogP contribution >= 0.6 is 11.8 Å². The average molecular weight is 232 g/mol. The number of amidine groups is 1. The highest BCUT2D eigenvalue weighted by atomic mass is 32.2. The number of hydrogen-bond donors (Lipinski definition) is 0. The summed E-state index contributed by atoms with van der Waals surface area (Å²) < 4.78 is 0. The molecular formula is C13H16N2S. The first-order valence-electron chi connectivity index (χ1n) is 5.56. The van der Waals surface area contributed by atoms with Crippen LogP contribution in [0.3, 0.4) is 0 Å². The maximum atomic E-state index is 4.58. The van der Waals surface area contributed by atoms with Crippen molar-refractivity contribution in [2.45, 2.75) is 32.4 Å². The summed E-state index contributed by atoms with van der Waals surface area (Å²) in [5.41, 5.74) is 3.51. The molecule has 1 atom stereocenters. The van der Waals surface area contributed by atoms with Crippen LogP contribution in [-0.2, 0) is 0 Å². The molecule has 0 spiro atoms. The summed E-state index contributed by atoms with van der Waals surface area (Å²) in [6, 6.07) is 6.31. The summed E-state index contributed by atoms with van der Waals surface area (Å²) in [6.07, 6.45) is 3.10. The SMILES string of the molecule is CCC1C=NC(=Nc2ccc(C)cc2C)S1. The third-order valence-corrected chi connectivity index (χ3v) is 3.74.